The van der Waals surface area contributed by atoms with Crippen LogP contribution in [0.25, 0.3) is 21.8 Å². The average molecular weight is 353 g/mol. The van der Waals surface area contributed by atoms with Gasteiger partial charge in [0.2, 0.25) is 0 Å². The van der Waals surface area contributed by atoms with E-state index in [9.17, 15) is 10.2 Å². The second kappa shape index (κ2) is 7.04. The second-order valence-corrected chi connectivity index (χ2v) is 7.28. The molecule has 0 aliphatic heterocycles. The molecule has 4 nitrogen and oxygen atoms in total. The maximum atomic E-state index is 10.9. The minimum Gasteiger partial charge on any atom is -0.504 e. The predicted molar refractivity (Wildman–Crippen MR) is 107 cm³/mol. The van der Waals surface area contributed by atoms with Gasteiger partial charge in [-0.05, 0) is 57.4 Å². The van der Waals surface area contributed by atoms with E-state index in [1.54, 1.807) is 14.0 Å². The third kappa shape index (κ3) is 3.17. The van der Waals surface area contributed by atoms with E-state index in [0.29, 0.717) is 12.2 Å². The first-order chi connectivity index (χ1) is 12.3. The van der Waals surface area contributed by atoms with Crippen LogP contribution in [0.3, 0.4) is 0 Å². The van der Waals surface area contributed by atoms with Crippen molar-refractivity contribution in [2.45, 2.75) is 46.6 Å². The molecule has 0 saturated heterocycles. The Morgan fingerprint density at radius 1 is 1.31 bits per heavy atom. The number of aliphatic hydroxyl groups is 1. The van der Waals surface area contributed by atoms with Crippen molar-refractivity contribution in [3.05, 3.63) is 46.5 Å². The van der Waals surface area contributed by atoms with Crippen molar-refractivity contribution < 1.29 is 14.9 Å². The summed E-state index contributed by atoms with van der Waals surface area (Å²) in [5.74, 6) is 0.628. The van der Waals surface area contributed by atoms with Gasteiger partial charge in [-0.25, -0.2) is 0 Å². The fourth-order valence-corrected chi connectivity index (χ4v) is 3.58. The summed E-state index contributed by atoms with van der Waals surface area (Å²) < 4.78 is 5.48. The molecular formula is C22H27NO3. The van der Waals surface area contributed by atoms with Crippen LogP contribution in [0.2, 0.25) is 0 Å². The minimum atomic E-state index is -0.481. The molecular weight excluding hydrogens is 326 g/mol. The zero-order chi connectivity index (χ0) is 19.0. The number of phenolic OH excluding ortho intramolecular Hbond substituents is 1. The number of allylic oxidation sites excluding steroid dienone is 2. The Morgan fingerprint density at radius 3 is 2.65 bits per heavy atom. The number of H-pyrrole nitrogens is 1. The summed E-state index contributed by atoms with van der Waals surface area (Å²) in [5, 5.41) is 22.5. The molecule has 138 valence electrons. The van der Waals surface area contributed by atoms with Crippen molar-refractivity contribution in [3.8, 4) is 11.5 Å². The monoisotopic (exact) mass is 353 g/mol. The van der Waals surface area contributed by atoms with Gasteiger partial charge in [-0.2, -0.15) is 0 Å². The highest BCUT2D eigenvalue weighted by atomic mass is 16.5. The number of methoxy groups -OCH3 is 1. The molecule has 0 aliphatic rings. The molecule has 0 unspecified atom stereocenters. The first kappa shape index (κ1) is 18.3. The van der Waals surface area contributed by atoms with Gasteiger partial charge >= 0.3 is 0 Å². The van der Waals surface area contributed by atoms with Crippen LogP contribution in [-0.2, 0) is 12.8 Å². The standard InChI is InChI=1S/C22H27NO3/c1-12(2)6-7-15-8-9-18-17(11-15)19-20(23-18)16(10-13(3)24)14(4)22(26-5)21(19)25/h6,8-9,11,13,23-25H,7,10H2,1-5H3/t13-/m0/s1. The van der Waals surface area contributed by atoms with Crippen molar-refractivity contribution in [2.24, 2.45) is 0 Å². The van der Waals surface area contributed by atoms with E-state index in [2.05, 4.69) is 43.1 Å². The number of hydrogen-bond donors (Lipinski definition) is 3. The smallest absolute Gasteiger partial charge is 0.168 e. The minimum absolute atomic E-state index is 0.153. The summed E-state index contributed by atoms with van der Waals surface area (Å²) in [6.07, 6.45) is 3.07. The highest BCUT2D eigenvalue weighted by Crippen LogP contribution is 2.44. The van der Waals surface area contributed by atoms with Gasteiger partial charge in [-0.1, -0.05) is 17.7 Å². The number of aliphatic hydroxyl groups excluding tert-OH is 1. The number of phenols is 1. The van der Waals surface area contributed by atoms with Crippen LogP contribution in [0.4, 0.5) is 0 Å². The van der Waals surface area contributed by atoms with Crippen molar-refractivity contribution in [1.29, 1.82) is 0 Å². The van der Waals surface area contributed by atoms with E-state index in [-0.39, 0.29) is 5.75 Å². The number of rotatable bonds is 5. The highest BCUT2D eigenvalue weighted by molar-refractivity contribution is 6.13. The van der Waals surface area contributed by atoms with Gasteiger partial charge in [0.15, 0.2) is 11.5 Å². The molecule has 1 heterocycles. The number of hydrogen-bond acceptors (Lipinski definition) is 3. The van der Waals surface area contributed by atoms with Crippen LogP contribution >= 0.6 is 0 Å². The van der Waals surface area contributed by atoms with Gasteiger partial charge in [-0.3, -0.25) is 0 Å². The molecule has 4 heteroatoms. The number of nitrogens with one attached hydrogen (secondary N) is 1. The van der Waals surface area contributed by atoms with Crippen LogP contribution in [0, 0.1) is 6.92 Å². The van der Waals surface area contributed by atoms with Gasteiger partial charge in [0, 0.05) is 22.9 Å². The van der Waals surface area contributed by atoms with Crippen LogP contribution < -0.4 is 4.74 Å². The Hall–Kier alpha value is -2.46. The fourth-order valence-electron chi connectivity index (χ4n) is 3.58. The molecule has 3 rings (SSSR count). The molecule has 0 bridgehead atoms. The quantitative estimate of drug-likeness (QED) is 0.579. The highest BCUT2D eigenvalue weighted by Gasteiger charge is 2.21. The lowest BCUT2D eigenvalue weighted by molar-refractivity contribution is 0.195. The van der Waals surface area contributed by atoms with E-state index >= 15 is 0 Å². The topological polar surface area (TPSA) is 65.5 Å². The van der Waals surface area contributed by atoms with Crippen LogP contribution in [0.1, 0.15) is 37.5 Å². The molecule has 0 saturated carbocycles. The Bertz CT molecular complexity index is 992. The number of aromatic nitrogens is 1. The van der Waals surface area contributed by atoms with Gasteiger partial charge in [0.05, 0.1) is 24.1 Å². The van der Waals surface area contributed by atoms with Gasteiger partial charge < -0.3 is 19.9 Å². The second-order valence-electron chi connectivity index (χ2n) is 7.28. The van der Waals surface area contributed by atoms with Crippen LogP contribution in [-0.4, -0.2) is 28.4 Å². The molecule has 3 N–H and O–H groups in total. The summed E-state index contributed by atoms with van der Waals surface area (Å²) >= 11 is 0. The first-order valence-electron chi connectivity index (χ1n) is 8.97. The molecule has 26 heavy (non-hydrogen) atoms. The molecule has 1 atom stereocenters. The molecule has 0 fully saturated rings. The van der Waals surface area contributed by atoms with Gasteiger partial charge in [0.1, 0.15) is 0 Å². The molecule has 3 aromatic rings. The van der Waals surface area contributed by atoms with Crippen molar-refractivity contribution in [3.63, 3.8) is 0 Å². The van der Waals surface area contributed by atoms with E-state index in [1.165, 1.54) is 11.1 Å². The zero-order valence-corrected chi connectivity index (χ0v) is 16.1. The summed E-state index contributed by atoms with van der Waals surface area (Å²) in [4.78, 5) is 3.43. The Balaban J connectivity index is 2.32. The Labute approximate surface area is 154 Å². The third-order valence-corrected chi connectivity index (χ3v) is 4.86. The van der Waals surface area contributed by atoms with Gasteiger partial charge in [-0.15, -0.1) is 0 Å². The normalized spacial score (nSPS) is 12.5. The van der Waals surface area contributed by atoms with Crippen molar-refractivity contribution in [2.75, 3.05) is 7.11 Å². The average Bonchev–Trinajstić information content (AvgIpc) is 2.95. The third-order valence-electron chi connectivity index (χ3n) is 4.86. The van der Waals surface area contributed by atoms with E-state index in [4.69, 9.17) is 4.74 Å². The lowest BCUT2D eigenvalue weighted by Crippen LogP contribution is -2.07. The van der Waals surface area contributed by atoms with Crippen LogP contribution in [0.5, 0.6) is 11.5 Å². The number of benzene rings is 2. The lowest BCUT2D eigenvalue weighted by Gasteiger charge is -2.15. The molecule has 2 aromatic carbocycles. The predicted octanol–water partition coefficient (Wildman–Crippen LogP) is 4.78. The van der Waals surface area contributed by atoms with E-state index in [1.807, 2.05) is 6.92 Å². The first-order valence-corrected chi connectivity index (χ1v) is 8.97. The summed E-state index contributed by atoms with van der Waals surface area (Å²) in [5.41, 5.74) is 6.15. The van der Waals surface area contributed by atoms with E-state index < -0.39 is 6.10 Å². The molecule has 1 aromatic heterocycles. The number of aromatic amines is 1. The summed E-state index contributed by atoms with van der Waals surface area (Å²) in [6.45, 7) is 7.87. The Kier molecular flexibility index (Phi) is 4.97. The SMILES string of the molecule is COc1c(C)c(C[C@H](C)O)c2[nH]c3ccc(CC=C(C)C)cc3c2c1O. The Morgan fingerprint density at radius 2 is 2.04 bits per heavy atom. The maximum Gasteiger partial charge on any atom is 0.168 e. The maximum absolute atomic E-state index is 10.9. The molecule has 0 spiro atoms. The molecule has 0 radical (unpaired) electrons. The van der Waals surface area contributed by atoms with Gasteiger partial charge in [0.25, 0.3) is 0 Å². The number of ether oxygens (including phenoxy) is 1. The van der Waals surface area contributed by atoms with E-state index in [0.717, 1.165) is 39.4 Å². The van der Waals surface area contributed by atoms with Crippen molar-refractivity contribution in [1.82, 2.24) is 4.98 Å². The fraction of sp³-hybridized carbons (Fsp3) is 0.364. The molecule has 0 amide bonds. The number of aromatic hydroxyl groups is 1. The zero-order valence-electron chi connectivity index (χ0n) is 16.1. The van der Waals surface area contributed by atoms with Crippen LogP contribution in [0.15, 0.2) is 29.8 Å². The lowest BCUT2D eigenvalue weighted by atomic mass is 9.96. The molecule has 0 aliphatic carbocycles. The number of fused-ring (bicyclic) bond motifs is 3. The largest absolute Gasteiger partial charge is 0.504 e. The summed E-state index contributed by atoms with van der Waals surface area (Å²) in [7, 11) is 1.56. The van der Waals surface area contributed by atoms with Crippen molar-refractivity contribution >= 4 is 21.8 Å². The summed E-state index contributed by atoms with van der Waals surface area (Å²) in [6, 6.07) is 6.28.